The summed E-state index contributed by atoms with van der Waals surface area (Å²) in [4.78, 5) is 28.3. The Kier molecular flexibility index (Phi) is 9.88. The fourth-order valence-electron chi connectivity index (χ4n) is 3.98. The third-order valence-corrected chi connectivity index (χ3v) is 7.55. The number of sulfonamides is 1. The highest BCUT2D eigenvalue weighted by molar-refractivity contribution is 7.90. The maximum atomic E-state index is 13.5. The lowest BCUT2D eigenvalue weighted by atomic mass is 10.1. The van der Waals surface area contributed by atoms with Gasteiger partial charge in [-0.15, -0.1) is 5.01 Å². The molecule has 4 rings (SSSR count). The van der Waals surface area contributed by atoms with E-state index in [1.807, 2.05) is 6.92 Å². The summed E-state index contributed by atoms with van der Waals surface area (Å²) in [6.07, 6.45) is -9.21. The van der Waals surface area contributed by atoms with Gasteiger partial charge in [-0.05, 0) is 58.0 Å². The van der Waals surface area contributed by atoms with Crippen molar-refractivity contribution < 1.29 is 55.2 Å². The second kappa shape index (κ2) is 13.3. The summed E-state index contributed by atoms with van der Waals surface area (Å²) in [5.74, 6) is 0. The van der Waals surface area contributed by atoms with Gasteiger partial charge < -0.3 is 19.4 Å². The van der Waals surface area contributed by atoms with E-state index in [0.29, 0.717) is 5.56 Å². The topological polar surface area (TPSA) is 177 Å². The number of benzene rings is 2. The molecule has 0 saturated carbocycles. The molecule has 1 atom stereocenters. The molecular formula is C28H31F3N6O9S. The van der Waals surface area contributed by atoms with E-state index in [1.165, 1.54) is 19.1 Å². The zero-order chi connectivity index (χ0) is 34.7. The highest BCUT2D eigenvalue weighted by Gasteiger charge is 2.38. The molecule has 0 bridgehead atoms. The summed E-state index contributed by atoms with van der Waals surface area (Å²) >= 11 is 0. The van der Waals surface area contributed by atoms with Gasteiger partial charge in [0.1, 0.15) is 24.8 Å². The number of carbonyl (C=O) groups excluding carboxylic acids is 2. The Bertz CT molecular complexity index is 1730. The zero-order valence-electron chi connectivity index (χ0n) is 25.7. The first-order valence-electron chi connectivity index (χ1n) is 13.9. The van der Waals surface area contributed by atoms with Crippen molar-refractivity contribution in [1.82, 2.24) is 19.5 Å². The van der Waals surface area contributed by atoms with Crippen molar-refractivity contribution >= 4 is 22.3 Å². The maximum absolute atomic E-state index is 13.5. The molecule has 1 aliphatic heterocycles. The third kappa shape index (κ3) is 9.24. The van der Waals surface area contributed by atoms with E-state index in [4.69, 9.17) is 19.0 Å². The van der Waals surface area contributed by atoms with Gasteiger partial charge in [-0.1, -0.05) is 29.8 Å². The molecule has 3 aromatic rings. The van der Waals surface area contributed by atoms with Crippen LogP contribution in [-0.2, 0) is 35.2 Å². The first-order valence-corrected chi connectivity index (χ1v) is 15.4. The SMILES string of the molecule is Cc1ccc(-c2cc(C(F)(F)F)nn2-c2ccc(S(=O)(=O)NC(=O)OC3CN(/[N+]([O-])=N/OC(C)OC(=O)OC(C)(C)C)C3)cc2)cc1. The number of aryl methyl sites for hydroxylation is 1. The Morgan fingerprint density at radius 1 is 1.09 bits per heavy atom. The molecule has 1 N–H and O–H groups in total. The van der Waals surface area contributed by atoms with Crippen LogP contribution in [0, 0.1) is 12.1 Å². The molecule has 254 valence electrons. The quantitative estimate of drug-likeness (QED) is 0.105. The number of halogens is 3. The number of amides is 1. The molecule has 1 aliphatic rings. The Labute approximate surface area is 267 Å². The van der Waals surface area contributed by atoms with Gasteiger partial charge >= 0.3 is 18.4 Å². The first kappa shape index (κ1) is 34.8. The van der Waals surface area contributed by atoms with Crippen molar-refractivity contribution in [2.45, 2.75) is 63.7 Å². The van der Waals surface area contributed by atoms with Crippen LogP contribution in [0.2, 0.25) is 0 Å². The van der Waals surface area contributed by atoms with Crippen molar-refractivity contribution in [3.63, 3.8) is 0 Å². The third-order valence-electron chi connectivity index (χ3n) is 6.22. The summed E-state index contributed by atoms with van der Waals surface area (Å²) in [6, 6.07) is 12.3. The van der Waals surface area contributed by atoms with E-state index < -0.39 is 52.1 Å². The lowest BCUT2D eigenvalue weighted by Gasteiger charge is -2.33. The minimum atomic E-state index is -4.72. The molecule has 0 spiro atoms. The highest BCUT2D eigenvalue weighted by atomic mass is 32.2. The lowest BCUT2D eigenvalue weighted by Crippen LogP contribution is -2.56. The van der Waals surface area contributed by atoms with Crippen molar-refractivity contribution in [3.8, 4) is 16.9 Å². The molecule has 2 heterocycles. The van der Waals surface area contributed by atoms with E-state index >= 15 is 0 Å². The summed E-state index contributed by atoms with van der Waals surface area (Å²) in [5, 5.41) is 20.0. The van der Waals surface area contributed by atoms with Gasteiger partial charge in [0.15, 0.2) is 5.69 Å². The lowest BCUT2D eigenvalue weighted by molar-refractivity contribution is -0.728. The van der Waals surface area contributed by atoms with E-state index in [-0.39, 0.29) is 34.3 Å². The zero-order valence-corrected chi connectivity index (χ0v) is 26.5. The van der Waals surface area contributed by atoms with Gasteiger partial charge in [0.2, 0.25) is 5.28 Å². The minimum Gasteiger partial charge on any atom is -0.569 e. The largest absolute Gasteiger partial charge is 0.569 e. The maximum Gasteiger partial charge on any atom is 0.511 e. The average molecular weight is 685 g/mol. The molecule has 1 amide bonds. The Hall–Kier alpha value is -5.07. The molecule has 15 nitrogen and oxygen atoms in total. The minimum absolute atomic E-state index is 0.0343. The first-order chi connectivity index (χ1) is 21.8. The van der Waals surface area contributed by atoms with Crippen molar-refractivity contribution in [2.75, 3.05) is 13.1 Å². The molecule has 19 heteroatoms. The summed E-state index contributed by atoms with van der Waals surface area (Å²) in [7, 11) is -4.45. The van der Waals surface area contributed by atoms with Crippen LogP contribution in [0.4, 0.5) is 22.8 Å². The van der Waals surface area contributed by atoms with E-state index in [9.17, 15) is 36.4 Å². The van der Waals surface area contributed by atoms with E-state index in [1.54, 1.807) is 49.8 Å². The molecule has 0 radical (unpaired) electrons. The van der Waals surface area contributed by atoms with Crippen LogP contribution in [0.25, 0.3) is 16.9 Å². The predicted molar refractivity (Wildman–Crippen MR) is 155 cm³/mol. The second-order valence-electron chi connectivity index (χ2n) is 11.3. The molecule has 2 aromatic carbocycles. The van der Waals surface area contributed by atoms with Gasteiger partial charge in [0, 0.05) is 12.5 Å². The fraction of sp³-hybridized carbons (Fsp3) is 0.393. The van der Waals surface area contributed by atoms with Crippen LogP contribution in [0.3, 0.4) is 0 Å². The van der Waals surface area contributed by atoms with Gasteiger partial charge in [0.25, 0.3) is 16.3 Å². The smallest absolute Gasteiger partial charge is 0.511 e. The van der Waals surface area contributed by atoms with Crippen molar-refractivity contribution in [3.05, 3.63) is 71.1 Å². The number of ether oxygens (including phenoxy) is 3. The second-order valence-corrected chi connectivity index (χ2v) is 13.0. The molecule has 1 saturated heterocycles. The number of alkyl halides is 3. The number of hydrogen-bond donors (Lipinski definition) is 1. The van der Waals surface area contributed by atoms with Crippen LogP contribution >= 0.6 is 0 Å². The Morgan fingerprint density at radius 2 is 1.70 bits per heavy atom. The molecule has 47 heavy (non-hydrogen) atoms. The Morgan fingerprint density at radius 3 is 2.28 bits per heavy atom. The van der Waals surface area contributed by atoms with Crippen LogP contribution in [0.1, 0.15) is 39.0 Å². The highest BCUT2D eigenvalue weighted by Crippen LogP contribution is 2.33. The summed E-state index contributed by atoms with van der Waals surface area (Å²) in [5.41, 5.74) is -0.317. The van der Waals surface area contributed by atoms with Crippen LogP contribution in [0.15, 0.2) is 64.8 Å². The average Bonchev–Trinajstić information content (AvgIpc) is 3.39. The van der Waals surface area contributed by atoms with Crippen molar-refractivity contribution in [1.29, 1.82) is 0 Å². The number of nitrogens with one attached hydrogen (secondary N) is 1. The number of hydrazine groups is 1. The molecule has 1 fully saturated rings. The molecule has 0 aliphatic carbocycles. The van der Waals surface area contributed by atoms with Gasteiger partial charge in [-0.3, -0.25) is 4.84 Å². The number of rotatable bonds is 9. The number of hydrogen-bond acceptors (Lipinski definition) is 11. The van der Waals surface area contributed by atoms with Gasteiger partial charge in [0.05, 0.1) is 21.2 Å². The number of nitrogens with zero attached hydrogens (tertiary/aromatic N) is 5. The Balaban J connectivity index is 1.33. The standard InChI is InChI=1S/C28H31F3N6O9S/c1-17-6-8-19(9-7-17)23-14-24(28(29,30)31)32-36(23)20-10-12-22(13-11-20)47(41,42)33-25(38)44-21-15-35(16-21)37(40)34-46-18(2)43-26(39)45-27(3,4)5/h6-14,18,21H,15-16H2,1-5H3,(H,33,38)/b37-34-. The van der Waals surface area contributed by atoms with Crippen LogP contribution in [0.5, 0.6) is 0 Å². The van der Waals surface area contributed by atoms with Crippen LogP contribution in [-0.4, -0.2) is 71.5 Å². The summed E-state index contributed by atoms with van der Waals surface area (Å²) in [6.45, 7) is 7.69. The number of aromatic nitrogens is 2. The predicted octanol–water partition coefficient (Wildman–Crippen LogP) is 5.07. The van der Waals surface area contributed by atoms with Gasteiger partial charge in [-0.2, -0.15) is 18.3 Å². The normalized spacial score (nSPS) is 15.0. The summed E-state index contributed by atoms with van der Waals surface area (Å²) < 4.78 is 83.6. The molecule has 1 unspecified atom stereocenters. The fourth-order valence-corrected chi connectivity index (χ4v) is 4.86. The van der Waals surface area contributed by atoms with Crippen molar-refractivity contribution in [2.24, 2.45) is 5.28 Å². The van der Waals surface area contributed by atoms with E-state index in [0.717, 1.165) is 33.5 Å². The number of carbonyl (C=O) groups is 2. The van der Waals surface area contributed by atoms with Gasteiger partial charge in [-0.25, -0.2) is 27.4 Å². The molecule has 1 aromatic heterocycles. The molecular weight excluding hydrogens is 653 g/mol. The monoisotopic (exact) mass is 684 g/mol. The van der Waals surface area contributed by atoms with E-state index in [2.05, 4.69) is 10.4 Å². The van der Waals surface area contributed by atoms with Crippen LogP contribution < -0.4 is 4.72 Å².